The highest BCUT2D eigenvalue weighted by molar-refractivity contribution is 7.15. The molecule has 2 heterocycles. The Kier molecular flexibility index (Phi) is 3.47. The van der Waals surface area contributed by atoms with Gasteiger partial charge < -0.3 is 9.64 Å². The molecule has 1 aliphatic heterocycles. The van der Waals surface area contributed by atoms with Gasteiger partial charge in [-0.15, -0.1) is 10.2 Å². The van der Waals surface area contributed by atoms with Gasteiger partial charge in [-0.2, -0.15) is 0 Å². The predicted octanol–water partition coefficient (Wildman–Crippen LogP) is 3.73. The molecule has 0 radical (unpaired) electrons. The Balaban J connectivity index is 1.39. The maximum absolute atomic E-state index is 6.00. The van der Waals surface area contributed by atoms with E-state index in [-0.39, 0.29) is 6.10 Å². The lowest BCUT2D eigenvalue weighted by Gasteiger charge is -2.15. The van der Waals surface area contributed by atoms with E-state index in [1.807, 2.05) is 24.3 Å². The van der Waals surface area contributed by atoms with Crippen LogP contribution in [0.15, 0.2) is 24.3 Å². The SMILES string of the molecule is Clc1cccc(OC2CCN(c3nnc(C4CC4)s3)C2)c1. The van der Waals surface area contributed by atoms with Crippen molar-refractivity contribution in [1.29, 1.82) is 0 Å². The summed E-state index contributed by atoms with van der Waals surface area (Å²) < 4.78 is 6.00. The van der Waals surface area contributed by atoms with E-state index in [0.29, 0.717) is 10.9 Å². The van der Waals surface area contributed by atoms with E-state index in [0.717, 1.165) is 30.4 Å². The Morgan fingerprint density at radius 3 is 2.95 bits per heavy atom. The largest absolute Gasteiger partial charge is 0.488 e. The highest BCUT2D eigenvalue weighted by atomic mass is 35.5. The fourth-order valence-electron chi connectivity index (χ4n) is 2.58. The van der Waals surface area contributed by atoms with E-state index >= 15 is 0 Å². The summed E-state index contributed by atoms with van der Waals surface area (Å²) in [6.45, 7) is 1.84. The summed E-state index contributed by atoms with van der Waals surface area (Å²) in [6, 6.07) is 7.58. The van der Waals surface area contributed by atoms with Crippen LogP contribution in [0.1, 0.15) is 30.2 Å². The summed E-state index contributed by atoms with van der Waals surface area (Å²) in [4.78, 5) is 2.28. The van der Waals surface area contributed by atoms with Crippen molar-refractivity contribution in [2.45, 2.75) is 31.3 Å². The van der Waals surface area contributed by atoms with Gasteiger partial charge >= 0.3 is 0 Å². The van der Waals surface area contributed by atoms with Gasteiger partial charge in [0.1, 0.15) is 16.9 Å². The number of benzene rings is 1. The second-order valence-corrected chi connectivity index (χ2v) is 7.05. The van der Waals surface area contributed by atoms with Gasteiger partial charge in [-0.3, -0.25) is 0 Å². The van der Waals surface area contributed by atoms with E-state index in [9.17, 15) is 0 Å². The van der Waals surface area contributed by atoms with Gasteiger partial charge in [0, 0.05) is 23.9 Å². The molecule has 4 rings (SSSR count). The minimum atomic E-state index is 0.191. The van der Waals surface area contributed by atoms with Crippen LogP contribution in [0.4, 0.5) is 5.13 Å². The molecular weight excluding hydrogens is 306 g/mol. The maximum atomic E-state index is 6.00. The first kappa shape index (κ1) is 13.3. The summed E-state index contributed by atoms with van der Waals surface area (Å²) in [7, 11) is 0. The number of hydrogen-bond acceptors (Lipinski definition) is 5. The van der Waals surface area contributed by atoms with Gasteiger partial charge in [-0.05, 0) is 31.0 Å². The fourth-order valence-corrected chi connectivity index (χ4v) is 3.81. The Morgan fingerprint density at radius 2 is 2.14 bits per heavy atom. The molecule has 0 amide bonds. The minimum Gasteiger partial charge on any atom is -0.488 e. The molecule has 1 saturated heterocycles. The Morgan fingerprint density at radius 1 is 1.24 bits per heavy atom. The number of ether oxygens (including phenoxy) is 1. The van der Waals surface area contributed by atoms with Crippen molar-refractivity contribution < 1.29 is 4.74 Å². The van der Waals surface area contributed by atoms with Gasteiger partial charge in [-0.1, -0.05) is 29.0 Å². The molecule has 2 fully saturated rings. The molecule has 1 aromatic carbocycles. The number of nitrogens with zero attached hydrogens (tertiary/aromatic N) is 3. The lowest BCUT2D eigenvalue weighted by atomic mass is 10.3. The van der Waals surface area contributed by atoms with Crippen LogP contribution in [-0.4, -0.2) is 29.4 Å². The summed E-state index contributed by atoms with van der Waals surface area (Å²) >= 11 is 7.72. The van der Waals surface area contributed by atoms with Crippen LogP contribution in [0, 0.1) is 0 Å². The lowest BCUT2D eigenvalue weighted by molar-refractivity contribution is 0.225. The molecule has 6 heteroatoms. The van der Waals surface area contributed by atoms with Crippen LogP contribution >= 0.6 is 22.9 Å². The second-order valence-electron chi connectivity index (χ2n) is 5.63. The van der Waals surface area contributed by atoms with Gasteiger partial charge in [0.05, 0.1) is 6.54 Å². The summed E-state index contributed by atoms with van der Waals surface area (Å²) in [5.41, 5.74) is 0. The average Bonchev–Trinajstić information content (AvgIpc) is 3.02. The first-order valence-corrected chi connectivity index (χ1v) is 8.48. The number of rotatable bonds is 4. The van der Waals surface area contributed by atoms with Crippen LogP contribution in [0.25, 0.3) is 0 Å². The minimum absolute atomic E-state index is 0.191. The van der Waals surface area contributed by atoms with Crippen LogP contribution < -0.4 is 9.64 Å². The average molecular weight is 322 g/mol. The number of aromatic nitrogens is 2. The molecule has 1 aliphatic carbocycles. The van der Waals surface area contributed by atoms with Crippen molar-refractivity contribution >= 4 is 28.1 Å². The molecule has 1 saturated carbocycles. The van der Waals surface area contributed by atoms with Crippen LogP contribution in [0.3, 0.4) is 0 Å². The van der Waals surface area contributed by atoms with Gasteiger partial charge in [-0.25, -0.2) is 0 Å². The zero-order valence-corrected chi connectivity index (χ0v) is 13.1. The molecule has 2 aliphatic rings. The maximum Gasteiger partial charge on any atom is 0.208 e. The third-order valence-electron chi connectivity index (χ3n) is 3.87. The Hall–Kier alpha value is -1.33. The summed E-state index contributed by atoms with van der Waals surface area (Å²) in [5.74, 6) is 1.52. The van der Waals surface area contributed by atoms with Crippen LogP contribution in [0.5, 0.6) is 5.75 Å². The number of anilines is 1. The standard InChI is InChI=1S/C15H16ClN3OS/c16-11-2-1-3-12(8-11)20-13-6-7-19(9-13)15-18-17-14(21-15)10-4-5-10/h1-3,8,10,13H,4-7,9H2. The topological polar surface area (TPSA) is 38.2 Å². The normalized spacial score (nSPS) is 21.8. The Labute approximate surface area is 132 Å². The molecule has 1 unspecified atom stereocenters. The van der Waals surface area contributed by atoms with E-state index < -0.39 is 0 Å². The van der Waals surface area contributed by atoms with Gasteiger partial charge in [0.15, 0.2) is 0 Å². The van der Waals surface area contributed by atoms with E-state index in [1.54, 1.807) is 11.3 Å². The van der Waals surface area contributed by atoms with E-state index in [2.05, 4.69) is 15.1 Å². The third kappa shape index (κ3) is 2.99. The van der Waals surface area contributed by atoms with Crippen molar-refractivity contribution in [3.05, 3.63) is 34.3 Å². The third-order valence-corrected chi connectivity index (χ3v) is 5.25. The molecule has 1 aromatic heterocycles. The van der Waals surface area contributed by atoms with Crippen molar-refractivity contribution in [3.8, 4) is 5.75 Å². The van der Waals surface area contributed by atoms with Crippen molar-refractivity contribution in [3.63, 3.8) is 0 Å². The molecule has 0 spiro atoms. The van der Waals surface area contributed by atoms with E-state index in [1.165, 1.54) is 17.8 Å². The highest BCUT2D eigenvalue weighted by Gasteiger charge is 2.31. The fraction of sp³-hybridized carbons (Fsp3) is 0.467. The quantitative estimate of drug-likeness (QED) is 0.860. The molecule has 1 atom stereocenters. The summed E-state index contributed by atoms with van der Waals surface area (Å²) in [5, 5.41) is 11.6. The molecule has 0 N–H and O–H groups in total. The van der Waals surface area contributed by atoms with Crippen molar-refractivity contribution in [2.75, 3.05) is 18.0 Å². The van der Waals surface area contributed by atoms with Gasteiger partial charge in [0.2, 0.25) is 5.13 Å². The molecule has 0 bridgehead atoms. The molecule has 4 nitrogen and oxygen atoms in total. The van der Waals surface area contributed by atoms with E-state index in [4.69, 9.17) is 16.3 Å². The monoisotopic (exact) mass is 321 g/mol. The molecule has 110 valence electrons. The number of hydrogen-bond donors (Lipinski definition) is 0. The highest BCUT2D eigenvalue weighted by Crippen LogP contribution is 2.42. The smallest absolute Gasteiger partial charge is 0.208 e. The number of halogens is 1. The Bertz CT molecular complexity index is 643. The lowest BCUT2D eigenvalue weighted by Crippen LogP contribution is -2.24. The molecule has 21 heavy (non-hydrogen) atoms. The first-order valence-electron chi connectivity index (χ1n) is 7.28. The molecule has 2 aromatic rings. The van der Waals surface area contributed by atoms with Gasteiger partial charge in [0.25, 0.3) is 0 Å². The second kappa shape index (κ2) is 5.46. The zero-order chi connectivity index (χ0) is 14.2. The predicted molar refractivity (Wildman–Crippen MR) is 84.6 cm³/mol. The zero-order valence-electron chi connectivity index (χ0n) is 11.5. The first-order chi connectivity index (χ1) is 10.3. The summed E-state index contributed by atoms with van der Waals surface area (Å²) in [6.07, 6.45) is 3.74. The van der Waals surface area contributed by atoms with Crippen molar-refractivity contribution in [1.82, 2.24) is 10.2 Å². The van der Waals surface area contributed by atoms with Crippen molar-refractivity contribution in [2.24, 2.45) is 0 Å². The van der Waals surface area contributed by atoms with Crippen LogP contribution in [-0.2, 0) is 0 Å². The molecular formula is C15H16ClN3OS. The van der Waals surface area contributed by atoms with Crippen LogP contribution in [0.2, 0.25) is 5.02 Å².